The highest BCUT2D eigenvalue weighted by atomic mass is 35.5. The van der Waals surface area contributed by atoms with Crippen molar-refractivity contribution in [3.05, 3.63) is 93.4 Å². The van der Waals surface area contributed by atoms with Gasteiger partial charge in [0.1, 0.15) is 0 Å². The van der Waals surface area contributed by atoms with Gasteiger partial charge in [-0.25, -0.2) is 9.97 Å². The summed E-state index contributed by atoms with van der Waals surface area (Å²) in [4.78, 5) is 29.2. The van der Waals surface area contributed by atoms with Gasteiger partial charge in [-0.1, -0.05) is 35.3 Å². The minimum Gasteiger partial charge on any atom is -0.361 e. The standard InChI is InChI=1S/C26H24Cl2N6O/c1-16-13-17(2)32-26(31-16)34-25(33-24(35)10-5-18-3-6-20(27)7-4-18)29-12-11-19-15-30-23-9-8-21(28)14-22(19)23/h3-10,13-15,30H,11-12H2,1-2H3,(H2,29,31,32,33,34,35)/b10-5+. The van der Waals surface area contributed by atoms with Gasteiger partial charge in [0.2, 0.25) is 11.9 Å². The average Bonchev–Trinajstić information content (AvgIpc) is 3.20. The molecule has 178 valence electrons. The number of aliphatic imine (C=N–C) groups is 1. The largest absolute Gasteiger partial charge is 0.361 e. The van der Waals surface area contributed by atoms with Crippen molar-refractivity contribution in [2.75, 3.05) is 11.9 Å². The molecule has 0 atom stereocenters. The molecule has 0 radical (unpaired) electrons. The highest BCUT2D eigenvalue weighted by Crippen LogP contribution is 2.22. The summed E-state index contributed by atoms with van der Waals surface area (Å²) in [7, 11) is 0. The molecule has 35 heavy (non-hydrogen) atoms. The zero-order chi connectivity index (χ0) is 24.8. The monoisotopic (exact) mass is 506 g/mol. The number of aromatic amines is 1. The van der Waals surface area contributed by atoms with Crippen LogP contribution in [0.15, 0.2) is 65.8 Å². The number of aromatic nitrogens is 3. The Hall–Kier alpha value is -3.68. The van der Waals surface area contributed by atoms with Crippen molar-refractivity contribution in [1.29, 1.82) is 0 Å². The van der Waals surface area contributed by atoms with E-state index < -0.39 is 0 Å². The lowest BCUT2D eigenvalue weighted by atomic mass is 10.1. The lowest BCUT2D eigenvalue weighted by Gasteiger charge is -2.10. The Bertz CT molecular complexity index is 1390. The molecule has 9 heteroatoms. The summed E-state index contributed by atoms with van der Waals surface area (Å²) in [6.45, 7) is 4.19. The van der Waals surface area contributed by atoms with Gasteiger partial charge in [0.05, 0.1) is 0 Å². The molecule has 0 saturated carbocycles. The Morgan fingerprint density at radius 3 is 2.49 bits per heavy atom. The van der Waals surface area contributed by atoms with Crippen molar-refractivity contribution in [1.82, 2.24) is 20.3 Å². The molecular formula is C26H24Cl2N6O. The van der Waals surface area contributed by atoms with Crippen LogP contribution >= 0.6 is 23.2 Å². The van der Waals surface area contributed by atoms with Crippen LogP contribution < -0.4 is 10.6 Å². The van der Waals surface area contributed by atoms with Gasteiger partial charge in [0, 0.05) is 51.2 Å². The maximum absolute atomic E-state index is 12.6. The second kappa shape index (κ2) is 11.2. The smallest absolute Gasteiger partial charge is 0.250 e. The molecule has 7 nitrogen and oxygen atoms in total. The van der Waals surface area contributed by atoms with E-state index in [0.29, 0.717) is 29.0 Å². The fraction of sp³-hybridized carbons (Fsp3) is 0.154. The van der Waals surface area contributed by atoms with Crippen LogP contribution in [0.2, 0.25) is 10.0 Å². The van der Waals surface area contributed by atoms with Crippen LogP contribution in [0.3, 0.4) is 0 Å². The molecule has 1 amide bonds. The van der Waals surface area contributed by atoms with Crippen LogP contribution in [0.4, 0.5) is 5.95 Å². The highest BCUT2D eigenvalue weighted by Gasteiger charge is 2.09. The van der Waals surface area contributed by atoms with Crippen LogP contribution in [0.25, 0.3) is 17.0 Å². The van der Waals surface area contributed by atoms with Gasteiger partial charge in [-0.2, -0.15) is 0 Å². The first-order chi connectivity index (χ1) is 16.9. The summed E-state index contributed by atoms with van der Waals surface area (Å²) in [5.41, 5.74) is 4.57. The lowest BCUT2D eigenvalue weighted by Crippen LogP contribution is -2.35. The number of nitrogens with one attached hydrogen (secondary N) is 3. The maximum atomic E-state index is 12.6. The summed E-state index contributed by atoms with van der Waals surface area (Å²) in [5.74, 6) is 0.287. The number of guanidine groups is 1. The fourth-order valence-corrected chi connectivity index (χ4v) is 3.85. The summed E-state index contributed by atoms with van der Waals surface area (Å²) in [6, 6.07) is 14.8. The van der Waals surface area contributed by atoms with Crippen molar-refractivity contribution < 1.29 is 4.79 Å². The number of aryl methyl sites for hydroxylation is 2. The fourth-order valence-electron chi connectivity index (χ4n) is 3.55. The van der Waals surface area contributed by atoms with Crippen molar-refractivity contribution in [3.8, 4) is 0 Å². The number of hydrogen-bond donors (Lipinski definition) is 3. The first-order valence-corrected chi connectivity index (χ1v) is 11.8. The van der Waals surface area contributed by atoms with E-state index in [1.165, 1.54) is 6.08 Å². The van der Waals surface area contributed by atoms with Gasteiger partial charge in [-0.15, -0.1) is 0 Å². The Kier molecular flexibility index (Phi) is 7.80. The SMILES string of the molecule is Cc1cc(C)nc(NC(=NCCc2c[nH]c3ccc(Cl)cc23)NC(=O)/C=C/c2ccc(Cl)cc2)n1. The molecule has 2 heterocycles. The normalized spacial score (nSPS) is 11.8. The minimum atomic E-state index is -0.338. The maximum Gasteiger partial charge on any atom is 0.250 e. The Labute approximate surface area is 213 Å². The van der Waals surface area contributed by atoms with E-state index in [-0.39, 0.29) is 11.9 Å². The molecule has 0 spiro atoms. The first-order valence-electron chi connectivity index (χ1n) is 11.0. The Morgan fingerprint density at radius 1 is 1.03 bits per heavy atom. The van der Waals surface area contributed by atoms with Gasteiger partial charge in [0.15, 0.2) is 0 Å². The van der Waals surface area contributed by atoms with Crippen molar-refractivity contribution in [3.63, 3.8) is 0 Å². The van der Waals surface area contributed by atoms with E-state index >= 15 is 0 Å². The second-order valence-corrected chi connectivity index (χ2v) is 8.83. The number of fused-ring (bicyclic) bond motifs is 1. The molecule has 0 fully saturated rings. The summed E-state index contributed by atoms with van der Waals surface area (Å²) in [6.07, 6.45) is 5.73. The minimum absolute atomic E-state index is 0.263. The first kappa shape index (κ1) is 24.4. The number of H-pyrrole nitrogens is 1. The quantitative estimate of drug-likeness (QED) is 0.177. The summed E-state index contributed by atoms with van der Waals surface area (Å²) >= 11 is 12.1. The second-order valence-electron chi connectivity index (χ2n) is 7.96. The molecule has 0 aliphatic heterocycles. The van der Waals surface area contributed by atoms with Gasteiger partial charge < -0.3 is 4.98 Å². The topological polar surface area (TPSA) is 95.1 Å². The molecule has 0 unspecified atom stereocenters. The zero-order valence-electron chi connectivity index (χ0n) is 19.3. The number of anilines is 1. The average molecular weight is 507 g/mol. The van der Waals surface area contributed by atoms with E-state index in [9.17, 15) is 4.79 Å². The van der Waals surface area contributed by atoms with E-state index in [1.54, 1.807) is 18.2 Å². The van der Waals surface area contributed by atoms with Crippen LogP contribution in [-0.2, 0) is 11.2 Å². The molecule has 2 aromatic heterocycles. The van der Waals surface area contributed by atoms with E-state index in [4.69, 9.17) is 23.2 Å². The van der Waals surface area contributed by atoms with Gasteiger partial charge in [-0.3, -0.25) is 20.4 Å². The Morgan fingerprint density at radius 2 is 1.74 bits per heavy atom. The van der Waals surface area contributed by atoms with Crippen LogP contribution in [0.1, 0.15) is 22.5 Å². The van der Waals surface area contributed by atoms with Crippen LogP contribution in [0, 0.1) is 13.8 Å². The number of carbonyl (C=O) groups is 1. The molecule has 0 aliphatic carbocycles. The molecule has 4 aromatic rings. The number of rotatable bonds is 6. The van der Waals surface area contributed by atoms with E-state index in [1.807, 2.05) is 56.4 Å². The number of carbonyl (C=O) groups excluding carboxylic acids is 1. The van der Waals surface area contributed by atoms with Crippen molar-refractivity contribution in [2.45, 2.75) is 20.3 Å². The number of benzene rings is 2. The van der Waals surface area contributed by atoms with Gasteiger partial charge in [-0.05, 0) is 73.9 Å². The predicted molar refractivity (Wildman–Crippen MR) is 143 cm³/mol. The van der Waals surface area contributed by atoms with Crippen molar-refractivity contribution in [2.24, 2.45) is 4.99 Å². The van der Waals surface area contributed by atoms with E-state index in [2.05, 4.69) is 30.6 Å². The number of hydrogen-bond acceptors (Lipinski definition) is 4. The molecule has 2 aromatic carbocycles. The number of amides is 1. The number of halogens is 2. The molecular weight excluding hydrogens is 483 g/mol. The van der Waals surface area contributed by atoms with Gasteiger partial charge >= 0.3 is 0 Å². The van der Waals surface area contributed by atoms with Gasteiger partial charge in [0.25, 0.3) is 5.91 Å². The summed E-state index contributed by atoms with van der Waals surface area (Å²) < 4.78 is 0. The number of nitrogens with zero attached hydrogens (tertiary/aromatic N) is 3. The van der Waals surface area contributed by atoms with Crippen LogP contribution in [-0.4, -0.2) is 33.4 Å². The van der Waals surface area contributed by atoms with Crippen molar-refractivity contribution >= 4 is 58.0 Å². The molecule has 4 rings (SSSR count). The van der Waals surface area contributed by atoms with E-state index in [0.717, 1.165) is 33.4 Å². The van der Waals surface area contributed by atoms with Crippen LogP contribution in [0.5, 0.6) is 0 Å². The zero-order valence-corrected chi connectivity index (χ0v) is 20.8. The highest BCUT2D eigenvalue weighted by molar-refractivity contribution is 6.31. The molecule has 3 N–H and O–H groups in total. The third kappa shape index (κ3) is 6.91. The summed E-state index contributed by atoms with van der Waals surface area (Å²) in [5, 5.41) is 8.19. The molecule has 0 bridgehead atoms. The lowest BCUT2D eigenvalue weighted by molar-refractivity contribution is -0.115. The predicted octanol–water partition coefficient (Wildman–Crippen LogP) is 5.72. The molecule has 0 saturated heterocycles. The third-order valence-corrected chi connectivity index (χ3v) is 5.62. The Balaban J connectivity index is 1.50. The third-order valence-electron chi connectivity index (χ3n) is 5.13. The molecule has 0 aliphatic rings.